The van der Waals surface area contributed by atoms with E-state index in [4.69, 9.17) is 14.5 Å². The van der Waals surface area contributed by atoms with Crippen LogP contribution in [0.15, 0.2) is 48.5 Å². The first-order valence-electron chi connectivity index (χ1n) is 12.6. The molecule has 182 valence electrons. The monoisotopic (exact) mass is 462 g/mol. The van der Waals surface area contributed by atoms with Crippen LogP contribution in [0.5, 0.6) is 11.5 Å². The van der Waals surface area contributed by atoms with Crippen LogP contribution in [0, 0.1) is 0 Å². The van der Waals surface area contributed by atoms with Crippen molar-refractivity contribution in [2.75, 3.05) is 20.8 Å². The highest BCUT2D eigenvalue weighted by molar-refractivity contribution is 6.07. The van der Waals surface area contributed by atoms with Gasteiger partial charge in [0, 0.05) is 17.5 Å². The Balaban J connectivity index is 1.65. The predicted molar refractivity (Wildman–Crippen MR) is 140 cm³/mol. The van der Waals surface area contributed by atoms with E-state index in [-0.39, 0.29) is 5.91 Å². The zero-order valence-electron chi connectivity index (χ0n) is 20.9. The average Bonchev–Trinajstić information content (AvgIpc) is 2.88. The van der Waals surface area contributed by atoms with Gasteiger partial charge in [0.25, 0.3) is 5.91 Å². The summed E-state index contributed by atoms with van der Waals surface area (Å²) in [5.74, 6) is 1.23. The minimum absolute atomic E-state index is 0.0557. The number of hydrogen-bond donors (Lipinski definition) is 1. The molecule has 1 aromatic heterocycles. The van der Waals surface area contributed by atoms with Crippen molar-refractivity contribution in [3.8, 4) is 22.8 Å². The number of aromatic nitrogens is 1. The number of amides is 1. The number of nitrogens with one attached hydrogen (secondary N) is 1. The molecule has 0 unspecified atom stereocenters. The third kappa shape index (κ3) is 6.96. The Kier molecular flexibility index (Phi) is 10.2. The lowest BCUT2D eigenvalue weighted by Crippen LogP contribution is -2.24. The van der Waals surface area contributed by atoms with Gasteiger partial charge in [0.2, 0.25) is 0 Å². The molecule has 0 atom stereocenters. The first-order chi connectivity index (χ1) is 16.7. The number of methoxy groups -OCH3 is 2. The van der Waals surface area contributed by atoms with Crippen molar-refractivity contribution in [3.63, 3.8) is 0 Å². The fourth-order valence-corrected chi connectivity index (χ4v) is 4.24. The Morgan fingerprint density at radius 2 is 1.50 bits per heavy atom. The zero-order chi connectivity index (χ0) is 24.2. The molecule has 34 heavy (non-hydrogen) atoms. The summed E-state index contributed by atoms with van der Waals surface area (Å²) >= 11 is 0. The van der Waals surface area contributed by atoms with E-state index in [2.05, 4.69) is 12.2 Å². The molecule has 3 rings (SSSR count). The molecule has 0 fully saturated rings. The maximum Gasteiger partial charge on any atom is 0.252 e. The number of pyridine rings is 1. The summed E-state index contributed by atoms with van der Waals surface area (Å²) in [6.45, 7) is 2.94. The minimum Gasteiger partial charge on any atom is -0.493 e. The van der Waals surface area contributed by atoms with Gasteiger partial charge in [-0.25, -0.2) is 4.98 Å². The van der Waals surface area contributed by atoms with Crippen molar-refractivity contribution in [2.45, 2.75) is 64.7 Å². The van der Waals surface area contributed by atoms with E-state index in [1.807, 2.05) is 48.5 Å². The van der Waals surface area contributed by atoms with Gasteiger partial charge in [-0.2, -0.15) is 0 Å². The predicted octanol–water partition coefficient (Wildman–Crippen LogP) is 7.18. The van der Waals surface area contributed by atoms with Gasteiger partial charge in [0.15, 0.2) is 11.5 Å². The molecule has 5 nitrogen and oxygen atoms in total. The molecule has 2 aromatic carbocycles. The molecule has 0 radical (unpaired) electrons. The van der Waals surface area contributed by atoms with Crippen LogP contribution in [0.2, 0.25) is 0 Å². The Morgan fingerprint density at radius 1 is 0.824 bits per heavy atom. The van der Waals surface area contributed by atoms with Crippen LogP contribution in [0.3, 0.4) is 0 Å². The Labute approximate surface area is 203 Å². The maximum absolute atomic E-state index is 13.1. The van der Waals surface area contributed by atoms with Crippen LogP contribution in [0.1, 0.15) is 75.1 Å². The molecule has 5 heteroatoms. The van der Waals surface area contributed by atoms with E-state index in [1.54, 1.807) is 14.2 Å². The van der Waals surface area contributed by atoms with Gasteiger partial charge in [-0.05, 0) is 36.8 Å². The summed E-state index contributed by atoms with van der Waals surface area (Å²) in [5.41, 5.74) is 3.04. The van der Waals surface area contributed by atoms with Crippen LogP contribution in [0.25, 0.3) is 22.2 Å². The zero-order valence-corrected chi connectivity index (χ0v) is 20.9. The lowest BCUT2D eigenvalue weighted by Gasteiger charge is -2.12. The van der Waals surface area contributed by atoms with Gasteiger partial charge in [0.05, 0.1) is 31.0 Å². The fourth-order valence-electron chi connectivity index (χ4n) is 4.24. The lowest BCUT2D eigenvalue weighted by molar-refractivity contribution is 0.0954. The smallest absolute Gasteiger partial charge is 0.252 e. The number of carbonyl (C=O) groups is 1. The van der Waals surface area contributed by atoms with Crippen molar-refractivity contribution in [3.05, 3.63) is 54.1 Å². The number of unbranched alkanes of at least 4 members (excludes halogenated alkanes) is 8. The molecule has 0 aliphatic rings. The first-order valence-corrected chi connectivity index (χ1v) is 12.6. The van der Waals surface area contributed by atoms with E-state index < -0.39 is 0 Å². The second kappa shape index (κ2) is 13.6. The van der Waals surface area contributed by atoms with Crippen LogP contribution >= 0.6 is 0 Å². The van der Waals surface area contributed by atoms with Crippen LogP contribution in [0.4, 0.5) is 0 Å². The number of hydrogen-bond acceptors (Lipinski definition) is 4. The Hall–Kier alpha value is -3.08. The third-order valence-electron chi connectivity index (χ3n) is 6.21. The van der Waals surface area contributed by atoms with Gasteiger partial charge >= 0.3 is 0 Å². The van der Waals surface area contributed by atoms with E-state index >= 15 is 0 Å². The van der Waals surface area contributed by atoms with Crippen LogP contribution < -0.4 is 14.8 Å². The number of para-hydroxylation sites is 1. The third-order valence-corrected chi connectivity index (χ3v) is 6.21. The second-order valence-corrected chi connectivity index (χ2v) is 8.73. The number of fused-ring (bicyclic) bond motifs is 1. The van der Waals surface area contributed by atoms with Crippen LogP contribution in [-0.4, -0.2) is 31.7 Å². The quantitative estimate of drug-likeness (QED) is 0.258. The van der Waals surface area contributed by atoms with E-state index in [0.717, 1.165) is 35.0 Å². The number of ether oxygens (including phenoxy) is 2. The Bertz CT molecular complexity index is 1060. The molecule has 0 spiro atoms. The van der Waals surface area contributed by atoms with Crippen molar-refractivity contribution in [1.29, 1.82) is 0 Å². The molecular weight excluding hydrogens is 424 g/mol. The fraction of sp³-hybridized carbons (Fsp3) is 0.448. The van der Waals surface area contributed by atoms with Crippen molar-refractivity contribution >= 4 is 16.8 Å². The van der Waals surface area contributed by atoms with E-state index in [1.165, 1.54) is 44.9 Å². The summed E-state index contributed by atoms with van der Waals surface area (Å²) < 4.78 is 10.8. The molecule has 1 N–H and O–H groups in total. The van der Waals surface area contributed by atoms with Crippen molar-refractivity contribution in [1.82, 2.24) is 10.3 Å². The molecule has 0 saturated heterocycles. The standard InChI is InChI=1S/C29H38N2O3/c1-4-5-6-7-8-9-10-11-14-19-30-29(32)24-21-26(31-25-16-13-12-15-23(24)25)22-17-18-27(33-2)28(20-22)34-3/h12-13,15-18,20-21H,4-11,14,19H2,1-3H3,(H,30,32). The SMILES string of the molecule is CCCCCCCCCCCNC(=O)c1cc(-c2ccc(OC)c(OC)c2)nc2ccccc12. The summed E-state index contributed by atoms with van der Waals surface area (Å²) in [6.07, 6.45) is 11.4. The minimum atomic E-state index is -0.0557. The number of benzene rings is 2. The summed E-state index contributed by atoms with van der Waals surface area (Å²) in [5, 5.41) is 3.98. The molecular formula is C29H38N2O3. The molecule has 3 aromatic rings. The molecule has 1 amide bonds. The molecule has 1 heterocycles. The highest BCUT2D eigenvalue weighted by Crippen LogP contribution is 2.33. The molecule has 0 aliphatic heterocycles. The number of nitrogens with zero attached hydrogens (tertiary/aromatic N) is 1. The van der Waals surface area contributed by atoms with Gasteiger partial charge in [0.1, 0.15) is 0 Å². The molecule has 0 bridgehead atoms. The van der Waals surface area contributed by atoms with Gasteiger partial charge in [-0.3, -0.25) is 4.79 Å². The average molecular weight is 463 g/mol. The van der Waals surface area contributed by atoms with Crippen LogP contribution in [-0.2, 0) is 0 Å². The van der Waals surface area contributed by atoms with E-state index in [9.17, 15) is 4.79 Å². The molecule has 0 saturated carbocycles. The first kappa shape index (κ1) is 25.5. The lowest BCUT2D eigenvalue weighted by atomic mass is 10.0. The van der Waals surface area contributed by atoms with Gasteiger partial charge < -0.3 is 14.8 Å². The summed E-state index contributed by atoms with van der Waals surface area (Å²) in [6, 6.07) is 15.3. The van der Waals surface area contributed by atoms with E-state index in [0.29, 0.717) is 23.6 Å². The maximum atomic E-state index is 13.1. The highest BCUT2D eigenvalue weighted by atomic mass is 16.5. The normalized spacial score (nSPS) is 10.9. The largest absolute Gasteiger partial charge is 0.493 e. The topological polar surface area (TPSA) is 60.5 Å². The number of rotatable bonds is 14. The number of carbonyl (C=O) groups excluding carboxylic acids is 1. The molecule has 0 aliphatic carbocycles. The second-order valence-electron chi connectivity index (χ2n) is 8.73. The summed E-state index contributed by atoms with van der Waals surface area (Å²) in [4.78, 5) is 17.9. The van der Waals surface area contributed by atoms with Crippen molar-refractivity contribution < 1.29 is 14.3 Å². The summed E-state index contributed by atoms with van der Waals surface area (Å²) in [7, 11) is 3.22. The Morgan fingerprint density at radius 3 is 2.21 bits per heavy atom. The van der Waals surface area contributed by atoms with Crippen molar-refractivity contribution in [2.24, 2.45) is 0 Å². The van der Waals surface area contributed by atoms with Gasteiger partial charge in [-0.15, -0.1) is 0 Å². The highest BCUT2D eigenvalue weighted by Gasteiger charge is 2.15. The van der Waals surface area contributed by atoms with Gasteiger partial charge in [-0.1, -0.05) is 76.5 Å².